The predicted molar refractivity (Wildman–Crippen MR) is 38.8 cm³/mol. The maximum Gasteiger partial charge on any atom is 0.152 e. The molecule has 0 aromatic rings. The van der Waals surface area contributed by atoms with Crippen molar-refractivity contribution in [3.63, 3.8) is 0 Å². The van der Waals surface area contributed by atoms with E-state index >= 15 is 0 Å². The zero-order chi connectivity index (χ0) is 7.19. The summed E-state index contributed by atoms with van der Waals surface area (Å²) in [6, 6.07) is 0. The van der Waals surface area contributed by atoms with Gasteiger partial charge >= 0.3 is 0 Å². The van der Waals surface area contributed by atoms with Gasteiger partial charge in [-0.25, -0.2) is 0 Å². The van der Waals surface area contributed by atoms with Crippen molar-refractivity contribution in [1.29, 1.82) is 0 Å². The standard InChI is InChI=1S/C8H13NO/c1-2-7(10)8-3-6(4-8)5-9-8/h6,9H,2-5H2,1H3. The average Bonchev–Trinajstić information content (AvgIpc) is 2.41. The number of ketones is 1. The number of fused-ring (bicyclic) bond motifs is 1. The number of Topliss-reactive ketones (excluding diaryl/α,β-unsaturated/α-hetero) is 1. The summed E-state index contributed by atoms with van der Waals surface area (Å²) in [7, 11) is 0. The van der Waals surface area contributed by atoms with Gasteiger partial charge in [0.05, 0.1) is 5.54 Å². The Labute approximate surface area is 61.0 Å². The average molecular weight is 139 g/mol. The van der Waals surface area contributed by atoms with Crippen LogP contribution in [0.15, 0.2) is 0 Å². The topological polar surface area (TPSA) is 29.1 Å². The first kappa shape index (κ1) is 6.35. The normalized spacial score (nSPS) is 43.1. The molecular weight excluding hydrogens is 126 g/mol. The summed E-state index contributed by atoms with van der Waals surface area (Å²) in [4.78, 5) is 11.3. The highest BCUT2D eigenvalue weighted by atomic mass is 16.1. The molecule has 3 aliphatic rings. The summed E-state index contributed by atoms with van der Waals surface area (Å²) < 4.78 is 0. The molecule has 0 atom stereocenters. The lowest BCUT2D eigenvalue weighted by atomic mass is 9.70. The number of hydrogen-bond donors (Lipinski definition) is 1. The van der Waals surface area contributed by atoms with E-state index in [0.717, 1.165) is 25.3 Å². The van der Waals surface area contributed by atoms with Gasteiger partial charge in [0.2, 0.25) is 0 Å². The van der Waals surface area contributed by atoms with Crippen molar-refractivity contribution in [3.8, 4) is 0 Å². The fourth-order valence-electron chi connectivity index (χ4n) is 2.22. The molecule has 0 radical (unpaired) electrons. The first-order valence-corrected chi connectivity index (χ1v) is 4.05. The van der Waals surface area contributed by atoms with Crippen molar-refractivity contribution in [2.45, 2.75) is 31.7 Å². The van der Waals surface area contributed by atoms with Gasteiger partial charge in [0.25, 0.3) is 0 Å². The SMILES string of the molecule is CCC(=O)C12CC(CN1)C2. The van der Waals surface area contributed by atoms with Gasteiger partial charge < -0.3 is 5.32 Å². The summed E-state index contributed by atoms with van der Waals surface area (Å²) >= 11 is 0. The van der Waals surface area contributed by atoms with Crippen LogP contribution in [0.5, 0.6) is 0 Å². The van der Waals surface area contributed by atoms with Gasteiger partial charge in [0.15, 0.2) is 5.78 Å². The van der Waals surface area contributed by atoms with Gasteiger partial charge in [-0.1, -0.05) is 6.92 Å². The van der Waals surface area contributed by atoms with Crippen molar-refractivity contribution < 1.29 is 4.79 Å². The first-order valence-electron chi connectivity index (χ1n) is 4.05. The van der Waals surface area contributed by atoms with Crippen LogP contribution in [-0.2, 0) is 4.79 Å². The maximum atomic E-state index is 11.3. The van der Waals surface area contributed by atoms with Crippen molar-refractivity contribution >= 4 is 5.78 Å². The molecule has 3 fully saturated rings. The van der Waals surface area contributed by atoms with E-state index in [9.17, 15) is 4.79 Å². The summed E-state index contributed by atoms with van der Waals surface area (Å²) in [5, 5.41) is 3.31. The molecule has 0 amide bonds. The van der Waals surface area contributed by atoms with Crippen molar-refractivity contribution in [1.82, 2.24) is 5.32 Å². The molecule has 3 rings (SSSR count). The fraction of sp³-hybridized carbons (Fsp3) is 0.875. The molecule has 2 bridgehead atoms. The van der Waals surface area contributed by atoms with Crippen LogP contribution in [0.4, 0.5) is 0 Å². The zero-order valence-corrected chi connectivity index (χ0v) is 6.31. The number of rotatable bonds is 2. The second-order valence-corrected chi connectivity index (χ2v) is 3.51. The highest BCUT2D eigenvalue weighted by Gasteiger charge is 2.53. The van der Waals surface area contributed by atoms with Gasteiger partial charge in [0, 0.05) is 6.42 Å². The Bertz CT molecular complexity index is 165. The quantitative estimate of drug-likeness (QED) is 0.610. The van der Waals surface area contributed by atoms with Crippen LogP contribution in [0.25, 0.3) is 0 Å². The molecule has 2 nitrogen and oxygen atoms in total. The van der Waals surface area contributed by atoms with Crippen molar-refractivity contribution in [2.75, 3.05) is 6.54 Å². The molecule has 10 heavy (non-hydrogen) atoms. The third kappa shape index (κ3) is 0.601. The van der Waals surface area contributed by atoms with Gasteiger partial charge in [-0.15, -0.1) is 0 Å². The van der Waals surface area contributed by atoms with E-state index in [0.29, 0.717) is 12.2 Å². The number of carbonyl (C=O) groups is 1. The monoisotopic (exact) mass is 139 g/mol. The van der Waals surface area contributed by atoms with Crippen molar-refractivity contribution in [2.24, 2.45) is 5.92 Å². The van der Waals surface area contributed by atoms with E-state index in [-0.39, 0.29) is 5.54 Å². The smallest absolute Gasteiger partial charge is 0.152 e. The van der Waals surface area contributed by atoms with Crippen LogP contribution < -0.4 is 5.32 Å². The second-order valence-electron chi connectivity index (χ2n) is 3.51. The Kier molecular flexibility index (Phi) is 1.15. The van der Waals surface area contributed by atoms with Gasteiger partial charge in [-0.3, -0.25) is 4.79 Å². The Morgan fingerprint density at radius 3 is 2.80 bits per heavy atom. The number of hydrogen-bond acceptors (Lipinski definition) is 2. The molecule has 1 N–H and O–H groups in total. The minimum atomic E-state index is -0.0422. The molecule has 2 aliphatic heterocycles. The van der Waals surface area contributed by atoms with Crippen LogP contribution in [0, 0.1) is 5.92 Å². The predicted octanol–water partition coefficient (Wildman–Crippen LogP) is 0.718. The van der Waals surface area contributed by atoms with E-state index in [2.05, 4.69) is 5.32 Å². The first-order chi connectivity index (χ1) is 4.77. The third-order valence-corrected chi connectivity index (χ3v) is 2.86. The fourth-order valence-corrected chi connectivity index (χ4v) is 2.22. The van der Waals surface area contributed by atoms with Gasteiger partial charge in [-0.2, -0.15) is 0 Å². The maximum absolute atomic E-state index is 11.3. The number of carbonyl (C=O) groups excluding carboxylic acids is 1. The molecule has 2 saturated heterocycles. The highest BCUT2D eigenvalue weighted by Crippen LogP contribution is 2.44. The van der Waals surface area contributed by atoms with Crippen LogP contribution in [0.3, 0.4) is 0 Å². The summed E-state index contributed by atoms with van der Waals surface area (Å²) in [5.74, 6) is 1.23. The van der Waals surface area contributed by atoms with E-state index in [1.165, 1.54) is 0 Å². The van der Waals surface area contributed by atoms with Crippen LogP contribution in [0.1, 0.15) is 26.2 Å². The molecule has 2 heteroatoms. The Morgan fingerprint density at radius 2 is 2.40 bits per heavy atom. The van der Waals surface area contributed by atoms with E-state index < -0.39 is 0 Å². The minimum absolute atomic E-state index is 0.0422. The second kappa shape index (κ2) is 1.82. The van der Waals surface area contributed by atoms with E-state index in [1.807, 2.05) is 6.92 Å². The Hall–Kier alpha value is -0.370. The van der Waals surface area contributed by atoms with Gasteiger partial charge in [-0.05, 0) is 25.3 Å². The summed E-state index contributed by atoms with van der Waals surface area (Å²) in [5.41, 5.74) is -0.0422. The van der Waals surface area contributed by atoms with Crippen LogP contribution >= 0.6 is 0 Å². The molecule has 1 aliphatic carbocycles. The molecule has 0 spiro atoms. The molecular formula is C8H13NO. The zero-order valence-electron chi connectivity index (χ0n) is 6.31. The Morgan fingerprint density at radius 1 is 1.70 bits per heavy atom. The lowest BCUT2D eigenvalue weighted by molar-refractivity contribution is -0.127. The number of nitrogens with one attached hydrogen (secondary N) is 1. The third-order valence-electron chi connectivity index (χ3n) is 2.86. The van der Waals surface area contributed by atoms with E-state index in [4.69, 9.17) is 0 Å². The summed E-state index contributed by atoms with van der Waals surface area (Å²) in [6.45, 7) is 3.02. The lowest BCUT2D eigenvalue weighted by Gasteiger charge is -2.35. The Balaban J connectivity index is 2.10. The molecule has 1 saturated carbocycles. The molecule has 56 valence electrons. The van der Waals surface area contributed by atoms with Gasteiger partial charge in [0.1, 0.15) is 0 Å². The lowest BCUT2D eigenvalue weighted by Crippen LogP contribution is -2.50. The highest BCUT2D eigenvalue weighted by molar-refractivity contribution is 5.90. The van der Waals surface area contributed by atoms with Crippen molar-refractivity contribution in [3.05, 3.63) is 0 Å². The molecule has 2 heterocycles. The molecule has 0 aromatic carbocycles. The van der Waals surface area contributed by atoms with Crippen LogP contribution in [0.2, 0.25) is 0 Å². The largest absolute Gasteiger partial charge is 0.305 e. The van der Waals surface area contributed by atoms with E-state index in [1.54, 1.807) is 0 Å². The van der Waals surface area contributed by atoms with Crippen LogP contribution in [-0.4, -0.2) is 17.9 Å². The summed E-state index contributed by atoms with van der Waals surface area (Å²) in [6.07, 6.45) is 2.92. The minimum Gasteiger partial charge on any atom is -0.305 e. The molecule has 0 aromatic heterocycles. The molecule has 0 unspecified atom stereocenters.